The minimum Gasteiger partial charge on any atom is -0.475 e. The van der Waals surface area contributed by atoms with Crippen molar-refractivity contribution in [1.82, 2.24) is 4.98 Å². The number of nitrogen functional groups attached to an aromatic ring is 1. The molecular weight excluding hydrogens is 393 g/mol. The molecule has 1 aromatic carbocycles. The lowest BCUT2D eigenvalue weighted by Crippen LogP contribution is -2.16. The Bertz CT molecular complexity index is 973. The fraction of sp³-hybridized carbons (Fsp3) is 0.500. The summed E-state index contributed by atoms with van der Waals surface area (Å²) in [5, 5.41) is 8.17. The molecule has 0 amide bonds. The van der Waals surface area contributed by atoms with Gasteiger partial charge in [-0.1, -0.05) is 26.8 Å². The molecule has 0 spiro atoms. The Morgan fingerprint density at radius 3 is 2.50 bits per heavy atom. The number of hydrogen-bond donors (Lipinski definition) is 1. The third-order valence-electron chi connectivity index (χ3n) is 5.05. The Labute approximate surface area is 174 Å². The maximum Gasteiger partial charge on any atom is 0.389 e. The lowest BCUT2D eigenvalue weighted by molar-refractivity contribution is -0.136. The smallest absolute Gasteiger partial charge is 0.389 e. The summed E-state index contributed by atoms with van der Waals surface area (Å²) in [6.07, 6.45) is -3.01. The van der Waals surface area contributed by atoms with Crippen LogP contribution in [-0.2, 0) is 10.2 Å². The van der Waals surface area contributed by atoms with E-state index in [-0.39, 0.29) is 24.3 Å². The summed E-state index contributed by atoms with van der Waals surface area (Å²) in [6.45, 7) is 9.47. The molecule has 0 atom stereocenters. The number of alkyl halides is 3. The highest BCUT2D eigenvalue weighted by Gasteiger charge is 2.29. The molecule has 1 aliphatic rings. The van der Waals surface area contributed by atoms with Crippen LogP contribution < -0.4 is 5.73 Å². The molecular formula is C22H27F3N4O. The predicted molar refractivity (Wildman–Crippen MR) is 114 cm³/mol. The molecule has 1 saturated carbocycles. The van der Waals surface area contributed by atoms with E-state index in [1.165, 1.54) is 18.4 Å². The number of hydrogen-bond acceptors (Lipinski definition) is 5. The van der Waals surface area contributed by atoms with Crippen LogP contribution in [0, 0.1) is 0 Å². The van der Waals surface area contributed by atoms with E-state index in [0.717, 1.165) is 16.5 Å². The van der Waals surface area contributed by atoms with Crippen molar-refractivity contribution in [2.75, 3.05) is 12.3 Å². The van der Waals surface area contributed by atoms with Crippen molar-refractivity contribution in [3.05, 3.63) is 35.0 Å². The summed E-state index contributed by atoms with van der Waals surface area (Å²) < 4.78 is 42.6. The number of benzene rings is 1. The SMILES string of the molecule is C=N/N=C(\OCCCC(F)(F)F)c1cc(N)c2cc(C3CC3)cc(C(C)(C)C)c2n1. The van der Waals surface area contributed by atoms with Gasteiger partial charge in [0, 0.05) is 24.2 Å². The molecule has 3 rings (SSSR count). The molecule has 0 bridgehead atoms. The summed E-state index contributed by atoms with van der Waals surface area (Å²) in [7, 11) is 0. The van der Waals surface area contributed by atoms with Crippen molar-refractivity contribution in [1.29, 1.82) is 0 Å². The minimum absolute atomic E-state index is 0.00639. The third kappa shape index (κ3) is 5.29. The van der Waals surface area contributed by atoms with E-state index in [1.807, 2.05) is 0 Å². The zero-order chi connectivity index (χ0) is 22.1. The zero-order valence-corrected chi connectivity index (χ0v) is 17.5. The molecule has 0 radical (unpaired) electrons. The second-order valence-corrected chi connectivity index (χ2v) is 8.70. The van der Waals surface area contributed by atoms with Gasteiger partial charge in [-0.25, -0.2) is 4.98 Å². The first-order valence-electron chi connectivity index (χ1n) is 9.98. The van der Waals surface area contributed by atoms with E-state index >= 15 is 0 Å². The van der Waals surface area contributed by atoms with E-state index in [2.05, 4.69) is 49.8 Å². The van der Waals surface area contributed by atoms with Gasteiger partial charge in [0.1, 0.15) is 5.69 Å². The molecule has 1 aliphatic carbocycles. The maximum atomic E-state index is 12.4. The average Bonchev–Trinajstić information content (AvgIpc) is 3.47. The normalized spacial score (nSPS) is 15.5. The van der Waals surface area contributed by atoms with Crippen LogP contribution in [0.1, 0.15) is 69.2 Å². The van der Waals surface area contributed by atoms with Crippen LogP contribution in [0.3, 0.4) is 0 Å². The lowest BCUT2D eigenvalue weighted by Gasteiger charge is -2.23. The van der Waals surface area contributed by atoms with Gasteiger partial charge in [0.05, 0.1) is 12.1 Å². The van der Waals surface area contributed by atoms with Crippen LogP contribution in [0.2, 0.25) is 0 Å². The molecule has 1 aromatic heterocycles. The number of nitrogens with zero attached hydrogens (tertiary/aromatic N) is 3. The van der Waals surface area contributed by atoms with Gasteiger partial charge in [-0.3, -0.25) is 0 Å². The molecule has 0 aliphatic heterocycles. The van der Waals surface area contributed by atoms with Crippen molar-refractivity contribution < 1.29 is 17.9 Å². The van der Waals surface area contributed by atoms with E-state index in [0.29, 0.717) is 17.3 Å². The number of anilines is 1. The van der Waals surface area contributed by atoms with Gasteiger partial charge in [0.15, 0.2) is 0 Å². The molecule has 162 valence electrons. The second-order valence-electron chi connectivity index (χ2n) is 8.70. The molecule has 8 heteroatoms. The number of pyridine rings is 1. The molecule has 0 saturated heterocycles. The van der Waals surface area contributed by atoms with Crippen LogP contribution in [0.15, 0.2) is 28.4 Å². The highest BCUT2D eigenvalue weighted by Crippen LogP contribution is 2.44. The lowest BCUT2D eigenvalue weighted by atomic mass is 9.83. The first kappa shape index (κ1) is 22.1. The first-order valence-corrected chi connectivity index (χ1v) is 9.98. The Morgan fingerprint density at radius 1 is 1.23 bits per heavy atom. The van der Waals surface area contributed by atoms with Crippen molar-refractivity contribution >= 4 is 29.2 Å². The fourth-order valence-electron chi connectivity index (χ4n) is 3.37. The zero-order valence-electron chi connectivity index (χ0n) is 17.5. The van der Waals surface area contributed by atoms with Crippen LogP contribution >= 0.6 is 0 Å². The number of rotatable bonds is 6. The van der Waals surface area contributed by atoms with Crippen LogP contribution in [0.4, 0.5) is 18.9 Å². The van der Waals surface area contributed by atoms with E-state index in [4.69, 9.17) is 15.5 Å². The minimum atomic E-state index is -4.23. The molecule has 0 unspecified atom stereocenters. The molecule has 2 aromatic rings. The van der Waals surface area contributed by atoms with Gasteiger partial charge in [-0.15, -0.1) is 5.10 Å². The first-order chi connectivity index (χ1) is 14.0. The second kappa shape index (κ2) is 8.24. The molecule has 1 fully saturated rings. The van der Waals surface area contributed by atoms with Crippen molar-refractivity contribution in [2.45, 2.75) is 64.0 Å². The van der Waals surface area contributed by atoms with Crippen LogP contribution in [0.5, 0.6) is 0 Å². The van der Waals surface area contributed by atoms with Crippen molar-refractivity contribution in [2.24, 2.45) is 10.2 Å². The highest BCUT2D eigenvalue weighted by molar-refractivity contribution is 6.00. The quantitative estimate of drug-likeness (QED) is 0.281. The maximum absolute atomic E-state index is 12.4. The van der Waals surface area contributed by atoms with E-state index in [9.17, 15) is 13.2 Å². The standard InChI is InChI=1S/C22H27F3N4O/c1-21(2,3)16-11-14(13-6-7-13)10-15-17(26)12-18(28-19(15)16)20(29-27-4)30-9-5-8-22(23,24)25/h10-13H,4-9H2,1-3H3,(H2,26,28)/b29-20-. The molecule has 30 heavy (non-hydrogen) atoms. The van der Waals surface area contributed by atoms with Gasteiger partial charge in [-0.2, -0.15) is 18.3 Å². The van der Waals surface area contributed by atoms with Gasteiger partial charge in [0.2, 0.25) is 0 Å². The molecule has 5 nitrogen and oxygen atoms in total. The van der Waals surface area contributed by atoms with Crippen LogP contribution in [0.25, 0.3) is 10.9 Å². The van der Waals surface area contributed by atoms with E-state index < -0.39 is 12.6 Å². The summed E-state index contributed by atoms with van der Waals surface area (Å²) in [5.41, 5.74) is 10.1. The fourth-order valence-corrected chi connectivity index (χ4v) is 3.37. The number of aromatic nitrogens is 1. The predicted octanol–water partition coefficient (Wildman–Crippen LogP) is 5.71. The van der Waals surface area contributed by atoms with Gasteiger partial charge >= 0.3 is 6.18 Å². The van der Waals surface area contributed by atoms with Crippen molar-refractivity contribution in [3.8, 4) is 0 Å². The summed E-state index contributed by atoms with van der Waals surface area (Å²) in [4.78, 5) is 4.72. The van der Waals surface area contributed by atoms with E-state index in [1.54, 1.807) is 6.07 Å². The Balaban J connectivity index is 2.00. The van der Waals surface area contributed by atoms with Gasteiger partial charge < -0.3 is 10.5 Å². The Morgan fingerprint density at radius 2 is 1.93 bits per heavy atom. The largest absolute Gasteiger partial charge is 0.475 e. The van der Waals surface area contributed by atoms with Gasteiger partial charge in [0.25, 0.3) is 5.90 Å². The van der Waals surface area contributed by atoms with Crippen LogP contribution in [-0.4, -0.2) is 30.4 Å². The highest BCUT2D eigenvalue weighted by atomic mass is 19.4. The summed E-state index contributed by atoms with van der Waals surface area (Å²) in [5.74, 6) is 0.570. The monoisotopic (exact) mass is 420 g/mol. The number of halogens is 3. The Hall–Kier alpha value is -2.64. The number of fused-ring (bicyclic) bond motifs is 1. The average molecular weight is 420 g/mol. The number of ether oxygens (including phenoxy) is 1. The molecule has 1 heterocycles. The number of nitrogens with two attached hydrogens (primary N) is 1. The van der Waals surface area contributed by atoms with Crippen molar-refractivity contribution in [3.63, 3.8) is 0 Å². The summed E-state index contributed by atoms with van der Waals surface area (Å²) >= 11 is 0. The molecule has 2 N–H and O–H groups in total. The Kier molecular flexibility index (Phi) is 6.06. The summed E-state index contributed by atoms with van der Waals surface area (Å²) in [6, 6.07) is 5.89. The topological polar surface area (TPSA) is 72.9 Å². The third-order valence-corrected chi connectivity index (χ3v) is 5.05. The van der Waals surface area contributed by atoms with Gasteiger partial charge in [-0.05, 0) is 53.9 Å².